The maximum atomic E-state index is 8.88. The molecule has 0 spiro atoms. The first-order chi connectivity index (χ1) is 2.00. The Morgan fingerprint density at radius 1 is 1.17 bits per heavy atom. The maximum Gasteiger partial charge on any atom is 0.466 e. The Kier molecular flexibility index (Phi) is 6.26. The predicted octanol–water partition coefficient (Wildman–Crippen LogP) is -0.929. The second-order valence-corrected chi connectivity index (χ2v) is 1.54. The van der Waals surface area contributed by atoms with Crippen molar-refractivity contribution in [1.29, 1.82) is 0 Å². The Balaban J connectivity index is 0. The van der Waals surface area contributed by atoms with Gasteiger partial charge < -0.3 is 14.7 Å². The summed E-state index contributed by atoms with van der Waals surface area (Å²) < 4.78 is 8.88. The van der Waals surface area contributed by atoms with Gasteiger partial charge in [0.05, 0.1) is 0 Å². The molecule has 0 bridgehead atoms. The number of hydrogen-bond acceptors (Lipinski definition) is 1. The molecule has 6 heavy (non-hydrogen) atoms. The summed E-state index contributed by atoms with van der Waals surface area (Å²) in [4.78, 5) is 21.6. The Bertz CT molecular complexity index is 53.7. The summed E-state index contributed by atoms with van der Waals surface area (Å²) in [5.41, 5.74) is 0. The van der Waals surface area contributed by atoms with E-state index in [9.17, 15) is 0 Å². The van der Waals surface area contributed by atoms with E-state index in [4.69, 9.17) is 19.2 Å². The van der Waals surface area contributed by atoms with Crippen LogP contribution in [0.4, 0.5) is 0 Å². The quantitative estimate of drug-likeness (QED) is 0.503. The zero-order chi connectivity index (χ0) is 4.50. The van der Waals surface area contributed by atoms with E-state index in [1.165, 1.54) is 0 Å². The molecule has 34 valence electrons. The topological polar surface area (TPSA) is 77.8 Å². The van der Waals surface area contributed by atoms with Crippen LogP contribution in [0.1, 0.15) is 0 Å². The molecule has 0 aliphatic rings. The summed E-state index contributed by atoms with van der Waals surface area (Å²) in [6.07, 6.45) is 0. The van der Waals surface area contributed by atoms with Crippen molar-refractivity contribution < 1.29 is 64.3 Å². The molecule has 0 saturated heterocycles. The summed E-state index contributed by atoms with van der Waals surface area (Å²) in [5.74, 6) is 0. The van der Waals surface area contributed by atoms with Crippen LogP contribution in [0.2, 0.25) is 0 Å². The van der Waals surface area contributed by atoms with Crippen molar-refractivity contribution in [2.24, 2.45) is 0 Å². The monoisotopic (exact) mass is 324 g/mol. The fourth-order valence-electron chi connectivity index (χ4n) is 0. The van der Waals surface area contributed by atoms with E-state index >= 15 is 0 Å². The van der Waals surface area contributed by atoms with Gasteiger partial charge in [-0.1, -0.05) is 0 Å². The number of phosphoric acid groups is 1. The van der Waals surface area contributed by atoms with Crippen molar-refractivity contribution >= 4 is 7.82 Å². The van der Waals surface area contributed by atoms with Crippen molar-refractivity contribution in [1.82, 2.24) is 0 Å². The molecule has 0 aromatic heterocycles. The first-order valence-corrected chi connectivity index (χ1v) is 2.35. The van der Waals surface area contributed by atoms with Crippen LogP contribution in [0.3, 0.4) is 0 Å². The van der Waals surface area contributed by atoms with Crippen LogP contribution in [0.5, 0.6) is 0 Å². The van der Waals surface area contributed by atoms with Crippen molar-refractivity contribution in [3.8, 4) is 0 Å². The Morgan fingerprint density at radius 3 is 1.17 bits per heavy atom. The number of rotatable bonds is 0. The van der Waals surface area contributed by atoms with Crippen molar-refractivity contribution in [2.75, 3.05) is 0 Å². The minimum Gasteiger partial charge on any atom is -0.303 e. The van der Waals surface area contributed by atoms with Gasteiger partial charge in [0.15, 0.2) is 0 Å². The van der Waals surface area contributed by atoms with Crippen LogP contribution in [0.15, 0.2) is 0 Å². The summed E-state index contributed by atoms with van der Waals surface area (Å²) in [6.45, 7) is 0. The van der Waals surface area contributed by atoms with Crippen molar-refractivity contribution in [3.63, 3.8) is 0 Å². The van der Waals surface area contributed by atoms with E-state index in [-0.39, 0.29) is 45.0 Å². The van der Waals surface area contributed by atoms with Gasteiger partial charge in [-0.05, 0) is 0 Å². The third-order valence-corrected chi connectivity index (χ3v) is 0. The van der Waals surface area contributed by atoms with Gasteiger partial charge in [-0.25, -0.2) is 4.57 Å². The van der Waals surface area contributed by atoms with E-state index in [0.29, 0.717) is 0 Å². The van der Waals surface area contributed by atoms with E-state index in [2.05, 4.69) is 0 Å². The third-order valence-electron chi connectivity index (χ3n) is 0. The largest absolute Gasteiger partial charge is 0.466 e. The molecule has 0 heterocycles. The Hall–Kier alpha value is 1.58. The fraction of sp³-hybridized carbons (Fsp3) is 0. The average Bonchev–Trinajstić information content (AvgIpc) is 0.722. The molecule has 3 N–H and O–H groups in total. The van der Waals surface area contributed by atoms with Crippen LogP contribution >= 0.6 is 7.82 Å². The molecule has 6 heteroatoms. The van der Waals surface area contributed by atoms with Crippen LogP contribution < -0.4 is 0 Å². The van der Waals surface area contributed by atoms with Crippen molar-refractivity contribution in [3.05, 3.63) is 0 Å². The fourth-order valence-corrected chi connectivity index (χ4v) is 0. The van der Waals surface area contributed by atoms with Crippen molar-refractivity contribution in [2.45, 2.75) is 0 Å². The van der Waals surface area contributed by atoms with Crippen LogP contribution in [0.25, 0.3) is 0 Å². The molecule has 2 radical (unpaired) electrons. The molecule has 0 aromatic carbocycles. The van der Waals surface area contributed by atoms with Gasteiger partial charge in [-0.3, -0.25) is 0 Å². The van der Waals surface area contributed by atoms with Gasteiger partial charge in [0.1, 0.15) is 0 Å². The second-order valence-electron chi connectivity index (χ2n) is 0.513. The summed E-state index contributed by atoms with van der Waals surface area (Å²) >= 11 is 0. The van der Waals surface area contributed by atoms with E-state index in [1.807, 2.05) is 0 Å². The molecule has 0 aliphatic heterocycles. The molecule has 0 saturated carbocycles. The van der Waals surface area contributed by atoms with Gasteiger partial charge in [-0.2, -0.15) is 0 Å². The molecule has 0 atom stereocenters. The maximum absolute atomic E-state index is 8.88. The zero-order valence-electron chi connectivity index (χ0n) is 2.90. The molecule has 0 unspecified atom stereocenters. The molecule has 0 aliphatic carbocycles. The molecule has 4 nitrogen and oxygen atoms in total. The van der Waals surface area contributed by atoms with Gasteiger partial charge >= 0.3 is 7.82 Å². The summed E-state index contributed by atoms with van der Waals surface area (Å²) in [7, 11) is -4.64. The zero-order valence-corrected chi connectivity index (χ0v) is 9.61. The number of hydrogen-bond donors (Lipinski definition) is 3. The smallest absolute Gasteiger partial charge is 0.303 e. The first-order valence-electron chi connectivity index (χ1n) is 0.783. The van der Waals surface area contributed by atoms with Crippen LogP contribution in [0, 0.1) is 45.0 Å². The van der Waals surface area contributed by atoms with Gasteiger partial charge in [-0.15, -0.1) is 0 Å². The summed E-state index contributed by atoms with van der Waals surface area (Å²) in [6, 6.07) is 0. The van der Waals surface area contributed by atoms with E-state index in [0.717, 1.165) is 0 Å². The SMILES string of the molecule is O=P(O)(O)O.[Ra]. The van der Waals surface area contributed by atoms with E-state index in [1.54, 1.807) is 0 Å². The first kappa shape index (κ1) is 10.5. The van der Waals surface area contributed by atoms with Gasteiger partial charge in [0.2, 0.25) is 0 Å². The van der Waals surface area contributed by atoms with Crippen LogP contribution in [-0.4, -0.2) is 14.7 Å². The van der Waals surface area contributed by atoms with Gasteiger partial charge in [0, 0.05) is 45.0 Å². The minimum absolute atomic E-state index is 0. The predicted molar refractivity (Wildman–Crippen MR) is 14.3 cm³/mol. The third kappa shape index (κ3) is 47.0. The molecule has 0 rings (SSSR count). The molecular formula is H3O4PRa. The van der Waals surface area contributed by atoms with Crippen LogP contribution in [-0.2, 0) is 4.57 Å². The minimum atomic E-state index is -4.64. The Morgan fingerprint density at radius 2 is 1.17 bits per heavy atom. The van der Waals surface area contributed by atoms with E-state index < -0.39 is 7.82 Å². The normalized spacial score (nSPS) is 9.83. The second kappa shape index (κ2) is 3.56. The molecule has 0 aromatic rings. The summed E-state index contributed by atoms with van der Waals surface area (Å²) in [5, 5.41) is 0. The average molecular weight is 324 g/mol. The standard InChI is InChI=1S/H3O4P.Ra/c1-5(2,3)4;/h(H3,1,2,3,4);. The van der Waals surface area contributed by atoms with Gasteiger partial charge in [0.25, 0.3) is 0 Å². The molecule has 0 fully saturated rings. The Labute approximate surface area is 71.2 Å². The molecule has 0 amide bonds. The molecular weight excluding hydrogens is 321 g/mol.